The number of hydrogen-bond donors (Lipinski definition) is 1. The molecule has 3 aromatic rings. The minimum atomic E-state index is -3.80. The maximum atomic E-state index is 12.7. The van der Waals surface area contributed by atoms with Crippen LogP contribution in [0, 0.1) is 0 Å². The summed E-state index contributed by atoms with van der Waals surface area (Å²) < 4.78 is 32.8. The van der Waals surface area contributed by atoms with E-state index < -0.39 is 10.0 Å². The standard InChI is InChI=1S/C16H13ClN2O3S/c1-22-15-9-8-12(10-18-15)19-23(20,21)14-7-3-5-11-4-2-6-13(17)16(11)14/h2-10,19H,1H3. The molecule has 5 nitrogen and oxygen atoms in total. The first-order valence-corrected chi connectivity index (χ1v) is 8.57. The maximum Gasteiger partial charge on any atom is 0.262 e. The monoisotopic (exact) mass is 348 g/mol. The average molecular weight is 349 g/mol. The van der Waals surface area contributed by atoms with Crippen molar-refractivity contribution in [1.29, 1.82) is 0 Å². The third-order valence-electron chi connectivity index (χ3n) is 3.30. The van der Waals surface area contributed by atoms with Crippen LogP contribution in [0.2, 0.25) is 5.02 Å². The van der Waals surface area contributed by atoms with Gasteiger partial charge < -0.3 is 4.74 Å². The highest BCUT2D eigenvalue weighted by atomic mass is 35.5. The van der Waals surface area contributed by atoms with E-state index in [0.29, 0.717) is 22.0 Å². The first-order valence-electron chi connectivity index (χ1n) is 6.71. The van der Waals surface area contributed by atoms with Gasteiger partial charge in [0.15, 0.2) is 0 Å². The fourth-order valence-corrected chi connectivity index (χ4v) is 3.89. The number of aromatic nitrogens is 1. The van der Waals surface area contributed by atoms with Gasteiger partial charge in [0.05, 0.1) is 23.9 Å². The van der Waals surface area contributed by atoms with Crippen molar-refractivity contribution in [2.75, 3.05) is 11.8 Å². The number of sulfonamides is 1. The van der Waals surface area contributed by atoms with Crippen LogP contribution in [-0.4, -0.2) is 20.5 Å². The molecule has 118 valence electrons. The van der Waals surface area contributed by atoms with Crippen molar-refractivity contribution in [3.63, 3.8) is 0 Å². The van der Waals surface area contributed by atoms with Crippen LogP contribution in [0.25, 0.3) is 10.8 Å². The minimum Gasteiger partial charge on any atom is -0.481 e. The van der Waals surface area contributed by atoms with Crippen molar-refractivity contribution >= 4 is 38.1 Å². The number of ether oxygens (including phenoxy) is 1. The van der Waals surface area contributed by atoms with E-state index in [9.17, 15) is 8.42 Å². The Balaban J connectivity index is 2.06. The molecular formula is C16H13ClN2O3S. The fourth-order valence-electron chi connectivity index (χ4n) is 2.26. The molecule has 0 amide bonds. The van der Waals surface area contributed by atoms with E-state index in [1.165, 1.54) is 19.4 Å². The molecule has 0 radical (unpaired) electrons. The predicted molar refractivity (Wildman–Crippen MR) is 90.6 cm³/mol. The molecule has 0 saturated carbocycles. The molecule has 0 saturated heterocycles. The Morgan fingerprint density at radius 2 is 1.83 bits per heavy atom. The Morgan fingerprint density at radius 3 is 2.48 bits per heavy atom. The third-order valence-corrected chi connectivity index (χ3v) is 5.04. The number of halogens is 1. The Labute approximate surface area is 138 Å². The highest BCUT2D eigenvalue weighted by molar-refractivity contribution is 7.93. The average Bonchev–Trinajstić information content (AvgIpc) is 2.55. The normalized spacial score (nSPS) is 11.4. The van der Waals surface area contributed by atoms with E-state index in [2.05, 4.69) is 9.71 Å². The van der Waals surface area contributed by atoms with Crippen LogP contribution in [0.3, 0.4) is 0 Å². The van der Waals surface area contributed by atoms with Gasteiger partial charge >= 0.3 is 0 Å². The maximum absolute atomic E-state index is 12.7. The third kappa shape index (κ3) is 3.09. The molecule has 1 aromatic heterocycles. The summed E-state index contributed by atoms with van der Waals surface area (Å²) in [4.78, 5) is 4.10. The fraction of sp³-hybridized carbons (Fsp3) is 0.0625. The van der Waals surface area contributed by atoms with Gasteiger partial charge in [0.25, 0.3) is 10.0 Å². The van der Waals surface area contributed by atoms with Gasteiger partial charge in [-0.2, -0.15) is 0 Å². The Hall–Kier alpha value is -2.31. The number of pyridine rings is 1. The van der Waals surface area contributed by atoms with Gasteiger partial charge in [-0.1, -0.05) is 35.9 Å². The number of nitrogens with zero attached hydrogens (tertiary/aromatic N) is 1. The molecule has 0 unspecified atom stereocenters. The van der Waals surface area contributed by atoms with Gasteiger partial charge in [0.1, 0.15) is 0 Å². The summed E-state index contributed by atoms with van der Waals surface area (Å²) in [6, 6.07) is 13.4. The summed E-state index contributed by atoms with van der Waals surface area (Å²) in [6.45, 7) is 0. The van der Waals surface area contributed by atoms with Crippen molar-refractivity contribution < 1.29 is 13.2 Å². The molecule has 0 bridgehead atoms. The molecule has 0 aliphatic carbocycles. The van der Waals surface area contributed by atoms with Gasteiger partial charge in [-0.05, 0) is 23.6 Å². The zero-order valence-corrected chi connectivity index (χ0v) is 13.7. The Morgan fingerprint density at radius 1 is 1.09 bits per heavy atom. The van der Waals surface area contributed by atoms with Gasteiger partial charge in [0, 0.05) is 16.5 Å². The molecule has 0 atom stereocenters. The zero-order valence-electron chi connectivity index (χ0n) is 12.2. The predicted octanol–water partition coefficient (Wildman–Crippen LogP) is 3.70. The molecule has 0 fully saturated rings. The summed E-state index contributed by atoms with van der Waals surface area (Å²) >= 11 is 6.19. The minimum absolute atomic E-state index is 0.122. The van der Waals surface area contributed by atoms with E-state index in [-0.39, 0.29) is 4.90 Å². The van der Waals surface area contributed by atoms with Crippen LogP contribution < -0.4 is 9.46 Å². The highest BCUT2D eigenvalue weighted by Gasteiger charge is 2.19. The molecule has 0 aliphatic heterocycles. The van der Waals surface area contributed by atoms with Crippen molar-refractivity contribution in [2.24, 2.45) is 0 Å². The van der Waals surface area contributed by atoms with Crippen LogP contribution in [0.5, 0.6) is 5.88 Å². The molecular weight excluding hydrogens is 336 g/mol. The van der Waals surface area contributed by atoms with Crippen molar-refractivity contribution in [3.05, 3.63) is 59.8 Å². The number of nitrogens with one attached hydrogen (secondary N) is 1. The zero-order chi connectivity index (χ0) is 16.4. The van der Waals surface area contributed by atoms with Gasteiger partial charge in [-0.15, -0.1) is 0 Å². The Bertz CT molecular complexity index is 951. The van der Waals surface area contributed by atoms with E-state index >= 15 is 0 Å². The lowest BCUT2D eigenvalue weighted by Crippen LogP contribution is -2.13. The number of methoxy groups -OCH3 is 1. The quantitative estimate of drug-likeness (QED) is 0.780. The number of rotatable bonds is 4. The van der Waals surface area contributed by atoms with E-state index in [1.54, 1.807) is 30.3 Å². The van der Waals surface area contributed by atoms with Crippen molar-refractivity contribution in [1.82, 2.24) is 4.98 Å². The summed E-state index contributed by atoms with van der Waals surface area (Å²) in [5, 5.41) is 1.63. The van der Waals surface area contributed by atoms with Crippen LogP contribution in [0.15, 0.2) is 59.6 Å². The molecule has 0 spiro atoms. The van der Waals surface area contributed by atoms with Gasteiger partial charge in [-0.3, -0.25) is 4.72 Å². The lowest BCUT2D eigenvalue weighted by atomic mass is 10.1. The van der Waals surface area contributed by atoms with Crippen LogP contribution in [0.1, 0.15) is 0 Å². The second kappa shape index (κ2) is 6.06. The topological polar surface area (TPSA) is 68.3 Å². The largest absolute Gasteiger partial charge is 0.481 e. The highest BCUT2D eigenvalue weighted by Crippen LogP contribution is 2.30. The van der Waals surface area contributed by atoms with Gasteiger partial charge in [-0.25, -0.2) is 13.4 Å². The Kier molecular flexibility index (Phi) is 4.11. The summed E-state index contributed by atoms with van der Waals surface area (Å²) in [7, 11) is -2.31. The second-order valence-electron chi connectivity index (χ2n) is 4.79. The van der Waals surface area contributed by atoms with Crippen molar-refractivity contribution in [2.45, 2.75) is 4.90 Å². The van der Waals surface area contributed by atoms with E-state index in [0.717, 1.165) is 5.39 Å². The van der Waals surface area contributed by atoms with Crippen LogP contribution in [0.4, 0.5) is 5.69 Å². The molecule has 7 heteroatoms. The lowest BCUT2D eigenvalue weighted by molar-refractivity contribution is 0.398. The van der Waals surface area contributed by atoms with E-state index in [1.807, 2.05) is 12.1 Å². The molecule has 23 heavy (non-hydrogen) atoms. The second-order valence-corrected chi connectivity index (χ2v) is 6.85. The lowest BCUT2D eigenvalue weighted by Gasteiger charge is -2.11. The SMILES string of the molecule is COc1ccc(NS(=O)(=O)c2cccc3cccc(Cl)c23)cn1. The molecule has 3 rings (SSSR count). The van der Waals surface area contributed by atoms with Gasteiger partial charge in [0.2, 0.25) is 5.88 Å². The first kappa shape index (κ1) is 15.6. The van der Waals surface area contributed by atoms with Crippen LogP contribution in [-0.2, 0) is 10.0 Å². The summed E-state index contributed by atoms with van der Waals surface area (Å²) in [6.07, 6.45) is 1.39. The van der Waals surface area contributed by atoms with E-state index in [4.69, 9.17) is 16.3 Å². The number of fused-ring (bicyclic) bond motifs is 1. The molecule has 1 N–H and O–H groups in total. The van der Waals surface area contributed by atoms with Crippen LogP contribution >= 0.6 is 11.6 Å². The summed E-state index contributed by atoms with van der Waals surface area (Å²) in [5.41, 5.74) is 0.342. The molecule has 2 aromatic carbocycles. The summed E-state index contributed by atoms with van der Waals surface area (Å²) in [5.74, 6) is 0.404. The smallest absolute Gasteiger partial charge is 0.262 e. The molecule has 0 aliphatic rings. The number of hydrogen-bond acceptors (Lipinski definition) is 4. The number of benzene rings is 2. The number of anilines is 1. The van der Waals surface area contributed by atoms with Crippen molar-refractivity contribution in [3.8, 4) is 5.88 Å². The first-order chi connectivity index (χ1) is 11.0. The molecule has 1 heterocycles.